The molecule has 3 heterocycles. The lowest BCUT2D eigenvalue weighted by Crippen LogP contribution is -2.49. The number of amides is 1. The van der Waals surface area contributed by atoms with E-state index in [-0.39, 0.29) is 5.91 Å². The third-order valence-corrected chi connectivity index (χ3v) is 5.43. The van der Waals surface area contributed by atoms with E-state index in [1.807, 2.05) is 29.2 Å². The fourth-order valence-corrected chi connectivity index (χ4v) is 3.81. The molecule has 0 unspecified atom stereocenters. The van der Waals surface area contributed by atoms with E-state index in [9.17, 15) is 4.79 Å². The molecule has 0 spiro atoms. The predicted molar refractivity (Wildman–Crippen MR) is 102 cm³/mol. The van der Waals surface area contributed by atoms with E-state index >= 15 is 0 Å². The molecule has 1 amide bonds. The van der Waals surface area contributed by atoms with Crippen molar-refractivity contribution in [1.29, 1.82) is 0 Å². The van der Waals surface area contributed by atoms with Crippen LogP contribution in [0.2, 0.25) is 5.02 Å². The molecule has 0 radical (unpaired) electrons. The van der Waals surface area contributed by atoms with Gasteiger partial charge in [-0.25, -0.2) is 0 Å². The molecule has 2 aromatic rings. The lowest BCUT2D eigenvalue weighted by atomic mass is 10.2. The van der Waals surface area contributed by atoms with Gasteiger partial charge in [-0.2, -0.15) is 4.98 Å². The lowest BCUT2D eigenvalue weighted by Gasteiger charge is -2.34. The molecule has 8 heteroatoms. The first-order valence-corrected chi connectivity index (χ1v) is 9.86. The Kier molecular flexibility index (Phi) is 5.71. The molecule has 1 aromatic carbocycles. The van der Waals surface area contributed by atoms with E-state index in [0.717, 1.165) is 57.7 Å². The van der Waals surface area contributed by atoms with Crippen LogP contribution in [0.3, 0.4) is 0 Å². The van der Waals surface area contributed by atoms with Crippen molar-refractivity contribution in [2.75, 3.05) is 45.8 Å². The van der Waals surface area contributed by atoms with Gasteiger partial charge in [0.15, 0.2) is 0 Å². The second-order valence-electron chi connectivity index (χ2n) is 7.16. The number of aromatic nitrogens is 2. The molecule has 0 saturated carbocycles. The van der Waals surface area contributed by atoms with Gasteiger partial charge in [-0.05, 0) is 25.0 Å². The number of hydrogen-bond acceptors (Lipinski definition) is 6. The smallest absolute Gasteiger partial charge is 0.241 e. The molecule has 1 aromatic heterocycles. The van der Waals surface area contributed by atoms with Gasteiger partial charge in [-0.1, -0.05) is 28.9 Å². The summed E-state index contributed by atoms with van der Waals surface area (Å²) in [5.41, 5.74) is 0.850. The summed E-state index contributed by atoms with van der Waals surface area (Å²) in [5.74, 6) is 1.43. The number of carbonyl (C=O) groups is 1. The largest absolute Gasteiger partial charge is 0.342 e. The second kappa shape index (κ2) is 8.37. The molecule has 0 bridgehead atoms. The highest BCUT2D eigenvalue weighted by molar-refractivity contribution is 6.30. The molecule has 2 aliphatic heterocycles. The fourth-order valence-electron chi connectivity index (χ4n) is 3.62. The maximum absolute atomic E-state index is 12.3. The van der Waals surface area contributed by atoms with Crippen molar-refractivity contribution in [2.24, 2.45) is 0 Å². The van der Waals surface area contributed by atoms with Crippen LogP contribution in [-0.4, -0.2) is 76.6 Å². The van der Waals surface area contributed by atoms with Crippen molar-refractivity contribution >= 4 is 17.5 Å². The highest BCUT2D eigenvalue weighted by Crippen LogP contribution is 2.20. The summed E-state index contributed by atoms with van der Waals surface area (Å²) < 4.78 is 5.40. The van der Waals surface area contributed by atoms with Crippen LogP contribution in [0.5, 0.6) is 0 Å². The highest BCUT2D eigenvalue weighted by Gasteiger charge is 2.24. The molecule has 7 nitrogen and oxygen atoms in total. The number of halogens is 1. The van der Waals surface area contributed by atoms with Crippen LogP contribution < -0.4 is 0 Å². The number of carbonyl (C=O) groups excluding carboxylic acids is 1. The zero-order chi connectivity index (χ0) is 18.6. The molecule has 2 aliphatic rings. The van der Waals surface area contributed by atoms with E-state index in [1.165, 1.54) is 0 Å². The van der Waals surface area contributed by atoms with Crippen molar-refractivity contribution < 1.29 is 9.32 Å². The lowest BCUT2D eigenvalue weighted by molar-refractivity contribution is -0.131. The van der Waals surface area contributed by atoms with Gasteiger partial charge < -0.3 is 9.42 Å². The average molecular weight is 390 g/mol. The van der Waals surface area contributed by atoms with E-state index in [1.54, 1.807) is 0 Å². The highest BCUT2D eigenvalue weighted by atomic mass is 35.5. The van der Waals surface area contributed by atoms with Crippen molar-refractivity contribution in [3.63, 3.8) is 0 Å². The first kappa shape index (κ1) is 18.4. The Morgan fingerprint density at radius 1 is 1.07 bits per heavy atom. The predicted octanol–water partition coefficient (Wildman–Crippen LogP) is 2.13. The number of nitrogens with zero attached hydrogens (tertiary/aromatic N) is 5. The van der Waals surface area contributed by atoms with Gasteiger partial charge in [0.05, 0.1) is 13.1 Å². The van der Waals surface area contributed by atoms with E-state index in [2.05, 4.69) is 19.9 Å². The number of hydrogen-bond donors (Lipinski definition) is 0. The summed E-state index contributed by atoms with van der Waals surface area (Å²) in [4.78, 5) is 23.3. The number of rotatable bonds is 5. The molecule has 4 rings (SSSR count). The summed E-state index contributed by atoms with van der Waals surface area (Å²) in [6.45, 7) is 6.55. The number of likely N-dealkylation sites (tertiary alicyclic amines) is 1. The normalized spacial score (nSPS) is 18.9. The summed E-state index contributed by atoms with van der Waals surface area (Å²) in [6, 6.07) is 7.43. The van der Waals surface area contributed by atoms with Gasteiger partial charge in [-0.3, -0.25) is 14.6 Å². The SMILES string of the molecule is O=C(CN1CCN(Cc2nc(-c3cccc(Cl)c3)no2)CC1)N1CCCC1. The third-order valence-electron chi connectivity index (χ3n) is 5.19. The van der Waals surface area contributed by atoms with Crippen molar-refractivity contribution in [2.45, 2.75) is 19.4 Å². The van der Waals surface area contributed by atoms with Crippen LogP contribution in [0.1, 0.15) is 18.7 Å². The van der Waals surface area contributed by atoms with Crippen molar-refractivity contribution in [3.05, 3.63) is 35.2 Å². The molecule has 0 N–H and O–H groups in total. The molecular weight excluding hydrogens is 366 g/mol. The zero-order valence-corrected chi connectivity index (χ0v) is 16.1. The topological polar surface area (TPSA) is 65.7 Å². The van der Waals surface area contributed by atoms with Crippen LogP contribution >= 0.6 is 11.6 Å². The van der Waals surface area contributed by atoms with Crippen LogP contribution in [0.25, 0.3) is 11.4 Å². The van der Waals surface area contributed by atoms with Crippen LogP contribution in [0, 0.1) is 0 Å². The van der Waals surface area contributed by atoms with E-state index < -0.39 is 0 Å². The Morgan fingerprint density at radius 3 is 2.56 bits per heavy atom. The summed E-state index contributed by atoms with van der Waals surface area (Å²) >= 11 is 6.02. The van der Waals surface area contributed by atoms with Crippen LogP contribution in [-0.2, 0) is 11.3 Å². The summed E-state index contributed by atoms with van der Waals surface area (Å²) in [5, 5.41) is 4.71. The van der Waals surface area contributed by atoms with Crippen molar-refractivity contribution in [3.8, 4) is 11.4 Å². The maximum atomic E-state index is 12.3. The molecule has 2 saturated heterocycles. The monoisotopic (exact) mass is 389 g/mol. The first-order chi connectivity index (χ1) is 13.2. The van der Waals surface area contributed by atoms with Crippen molar-refractivity contribution in [1.82, 2.24) is 24.8 Å². The van der Waals surface area contributed by atoms with Gasteiger partial charge in [-0.15, -0.1) is 0 Å². The van der Waals surface area contributed by atoms with E-state index in [4.69, 9.17) is 16.1 Å². The fraction of sp³-hybridized carbons (Fsp3) is 0.526. The molecule has 0 atom stereocenters. The molecule has 144 valence electrons. The minimum atomic E-state index is 0.268. The standard InChI is InChI=1S/C19H24ClN5O2/c20-16-5-3-4-15(12-16)19-21-17(27-22-19)13-23-8-10-24(11-9-23)14-18(26)25-6-1-2-7-25/h3-5,12H,1-2,6-11,13-14H2. The second-order valence-corrected chi connectivity index (χ2v) is 7.60. The molecule has 0 aliphatic carbocycles. The Morgan fingerprint density at radius 2 is 1.81 bits per heavy atom. The van der Waals surface area contributed by atoms with Crippen LogP contribution in [0.4, 0.5) is 0 Å². The summed E-state index contributed by atoms with van der Waals surface area (Å²) in [6.07, 6.45) is 2.28. The quantitative estimate of drug-likeness (QED) is 0.780. The zero-order valence-electron chi connectivity index (χ0n) is 15.3. The van der Waals surface area contributed by atoms with E-state index in [0.29, 0.717) is 29.8 Å². The van der Waals surface area contributed by atoms with Gasteiger partial charge in [0.2, 0.25) is 17.6 Å². The Hall–Kier alpha value is -1.96. The minimum absolute atomic E-state index is 0.268. The third kappa shape index (κ3) is 4.66. The number of benzene rings is 1. The summed E-state index contributed by atoms with van der Waals surface area (Å²) in [7, 11) is 0. The van der Waals surface area contributed by atoms with Gasteiger partial charge in [0.1, 0.15) is 0 Å². The van der Waals surface area contributed by atoms with Crippen LogP contribution in [0.15, 0.2) is 28.8 Å². The molecule has 2 fully saturated rings. The Labute approximate surface area is 163 Å². The minimum Gasteiger partial charge on any atom is -0.342 e. The molecular formula is C19H24ClN5O2. The van der Waals surface area contributed by atoms with Gasteiger partial charge in [0, 0.05) is 49.9 Å². The Bertz CT molecular complexity index is 782. The maximum Gasteiger partial charge on any atom is 0.241 e. The molecule has 27 heavy (non-hydrogen) atoms. The average Bonchev–Trinajstić information content (AvgIpc) is 3.35. The first-order valence-electron chi connectivity index (χ1n) is 9.48. The Balaban J connectivity index is 1.26. The number of piperazine rings is 1. The van der Waals surface area contributed by atoms with Gasteiger partial charge >= 0.3 is 0 Å². The van der Waals surface area contributed by atoms with Gasteiger partial charge in [0.25, 0.3) is 0 Å².